The number of nitrogens with zero attached hydrogens (tertiary/aromatic N) is 6. The molecule has 2 aromatic heterocycles. The third-order valence-electron chi connectivity index (χ3n) is 4.98. The van der Waals surface area contributed by atoms with Crippen LogP contribution in [-0.4, -0.2) is 76.5 Å². The summed E-state index contributed by atoms with van der Waals surface area (Å²) >= 11 is 1.36. The molecule has 10 nitrogen and oxygen atoms in total. The van der Waals surface area contributed by atoms with Gasteiger partial charge in [0.25, 0.3) is 0 Å². The van der Waals surface area contributed by atoms with Crippen LogP contribution in [0.2, 0.25) is 0 Å². The third kappa shape index (κ3) is 4.77. The van der Waals surface area contributed by atoms with E-state index in [1.54, 1.807) is 24.3 Å². The predicted molar refractivity (Wildman–Crippen MR) is 123 cm³/mol. The second-order valence-electron chi connectivity index (χ2n) is 7.33. The van der Waals surface area contributed by atoms with Crippen LogP contribution in [-0.2, 0) is 10.8 Å². The van der Waals surface area contributed by atoms with Gasteiger partial charge >= 0.3 is 0 Å². The van der Waals surface area contributed by atoms with E-state index < -0.39 is 23.3 Å². The minimum absolute atomic E-state index is 0.145. The van der Waals surface area contributed by atoms with E-state index in [0.717, 1.165) is 4.90 Å². The molecule has 0 radical (unpaired) electrons. The lowest BCUT2D eigenvalue weighted by Gasteiger charge is -2.31. The molecule has 0 amide bonds. The standard InChI is InChI=1S/C20H24N6O4S2/c1-12(27)26(13(2)28)20-23-17-16(18(24-20)25-7-9-32(30)10-8-25)21-11-22-19(17)31-15-5-3-14(29)4-6-15/h3-6,11-13,27-29H,7-10H2,1-2H3. The Morgan fingerprint density at radius 2 is 1.69 bits per heavy atom. The van der Waals surface area contributed by atoms with Gasteiger partial charge in [-0.3, -0.25) is 9.11 Å². The highest BCUT2D eigenvalue weighted by Crippen LogP contribution is 2.35. The molecule has 0 bridgehead atoms. The number of phenolic OH excluding ortho intramolecular Hbond substituents is 1. The van der Waals surface area contributed by atoms with Crippen molar-refractivity contribution in [2.24, 2.45) is 0 Å². The quantitative estimate of drug-likeness (QED) is 0.351. The Balaban J connectivity index is 1.86. The molecular formula is C20H24N6O4S2. The van der Waals surface area contributed by atoms with Gasteiger partial charge in [-0.25, -0.2) is 15.0 Å². The predicted octanol–water partition coefficient (Wildman–Crippen LogP) is 1.33. The van der Waals surface area contributed by atoms with Crippen LogP contribution in [0.5, 0.6) is 5.75 Å². The molecule has 2 atom stereocenters. The summed E-state index contributed by atoms with van der Waals surface area (Å²) in [5, 5.41) is 30.6. The highest BCUT2D eigenvalue weighted by molar-refractivity contribution is 7.99. The summed E-state index contributed by atoms with van der Waals surface area (Å²) in [6.45, 7) is 4.15. The largest absolute Gasteiger partial charge is 0.508 e. The topological polar surface area (TPSA) is 136 Å². The average Bonchev–Trinajstić information content (AvgIpc) is 2.75. The average molecular weight is 477 g/mol. The summed E-state index contributed by atoms with van der Waals surface area (Å²) in [6, 6.07) is 6.73. The van der Waals surface area contributed by atoms with Gasteiger partial charge in [-0.1, -0.05) is 11.8 Å². The van der Waals surface area contributed by atoms with Crippen molar-refractivity contribution in [2.75, 3.05) is 34.4 Å². The molecule has 1 aliphatic heterocycles. The molecule has 3 N–H and O–H groups in total. The Morgan fingerprint density at radius 3 is 2.31 bits per heavy atom. The van der Waals surface area contributed by atoms with E-state index in [0.29, 0.717) is 46.5 Å². The van der Waals surface area contributed by atoms with Gasteiger partial charge in [0.15, 0.2) is 5.82 Å². The van der Waals surface area contributed by atoms with Crippen molar-refractivity contribution in [1.29, 1.82) is 0 Å². The van der Waals surface area contributed by atoms with Crippen molar-refractivity contribution in [3.63, 3.8) is 0 Å². The van der Waals surface area contributed by atoms with Gasteiger partial charge in [-0.05, 0) is 38.1 Å². The first-order valence-corrected chi connectivity index (χ1v) is 12.4. The number of benzene rings is 1. The number of aromatic nitrogens is 4. The van der Waals surface area contributed by atoms with Crippen molar-refractivity contribution >= 4 is 45.4 Å². The Morgan fingerprint density at radius 1 is 1.03 bits per heavy atom. The third-order valence-corrected chi connectivity index (χ3v) is 7.26. The molecule has 1 aromatic carbocycles. The lowest BCUT2D eigenvalue weighted by atomic mass is 10.3. The van der Waals surface area contributed by atoms with Crippen LogP contribution in [0.4, 0.5) is 11.8 Å². The summed E-state index contributed by atoms with van der Waals surface area (Å²) < 4.78 is 11.9. The van der Waals surface area contributed by atoms with Crippen molar-refractivity contribution in [1.82, 2.24) is 19.9 Å². The second kappa shape index (κ2) is 9.53. The Kier molecular flexibility index (Phi) is 6.74. The maximum Gasteiger partial charge on any atom is 0.232 e. The zero-order valence-electron chi connectivity index (χ0n) is 17.6. The molecule has 4 rings (SSSR count). The Bertz CT molecular complexity index is 1110. The summed E-state index contributed by atoms with van der Waals surface area (Å²) in [7, 11) is -0.863. The van der Waals surface area contributed by atoms with Crippen molar-refractivity contribution in [2.45, 2.75) is 36.2 Å². The number of anilines is 2. The fraction of sp³-hybridized carbons (Fsp3) is 0.400. The summed E-state index contributed by atoms with van der Waals surface area (Å²) in [4.78, 5) is 22.2. The van der Waals surface area contributed by atoms with E-state index in [9.17, 15) is 19.5 Å². The highest BCUT2D eigenvalue weighted by atomic mass is 32.2. The summed E-state index contributed by atoms with van der Waals surface area (Å²) in [6.07, 6.45) is -0.625. The fourth-order valence-corrected chi connectivity index (χ4v) is 5.32. The highest BCUT2D eigenvalue weighted by Gasteiger charge is 2.26. The van der Waals surface area contributed by atoms with Crippen LogP contribution in [0.3, 0.4) is 0 Å². The zero-order valence-corrected chi connectivity index (χ0v) is 19.3. The fourth-order valence-electron chi connectivity index (χ4n) is 3.43. The number of hydrogen-bond donors (Lipinski definition) is 3. The number of aliphatic hydroxyl groups excluding tert-OH is 2. The van der Waals surface area contributed by atoms with Gasteiger partial charge in [-0.15, -0.1) is 0 Å². The van der Waals surface area contributed by atoms with Gasteiger partial charge in [0.1, 0.15) is 40.6 Å². The molecule has 0 spiro atoms. The number of aromatic hydroxyl groups is 1. The molecule has 0 aliphatic carbocycles. The number of fused-ring (bicyclic) bond motifs is 1. The first-order chi connectivity index (χ1) is 15.3. The van der Waals surface area contributed by atoms with Crippen LogP contribution >= 0.6 is 11.8 Å². The van der Waals surface area contributed by atoms with Gasteiger partial charge in [0.2, 0.25) is 5.95 Å². The minimum Gasteiger partial charge on any atom is -0.508 e. The number of phenols is 1. The summed E-state index contributed by atoms with van der Waals surface area (Å²) in [5.41, 5.74) is 1.01. The molecule has 3 heterocycles. The smallest absolute Gasteiger partial charge is 0.232 e. The van der Waals surface area contributed by atoms with Gasteiger partial charge in [0, 0.05) is 40.3 Å². The SMILES string of the molecule is CC(O)N(c1nc(N2CCS(=O)CC2)c2ncnc(Sc3ccc(O)cc3)c2n1)C(C)O. The van der Waals surface area contributed by atoms with Crippen LogP contribution in [0.1, 0.15) is 13.8 Å². The Hall–Kier alpha value is -2.54. The first kappa shape index (κ1) is 22.6. The van der Waals surface area contributed by atoms with Crippen LogP contribution < -0.4 is 9.80 Å². The minimum atomic E-state index is -1.04. The lowest BCUT2D eigenvalue weighted by molar-refractivity contribution is 0.103. The molecule has 170 valence electrons. The maximum atomic E-state index is 11.9. The molecular weight excluding hydrogens is 452 g/mol. The van der Waals surface area contributed by atoms with E-state index in [1.165, 1.54) is 36.8 Å². The van der Waals surface area contributed by atoms with E-state index in [1.807, 2.05) is 4.90 Å². The second-order valence-corrected chi connectivity index (χ2v) is 10.1. The van der Waals surface area contributed by atoms with Crippen molar-refractivity contribution < 1.29 is 19.5 Å². The molecule has 1 aliphatic rings. The zero-order chi connectivity index (χ0) is 22.8. The van der Waals surface area contributed by atoms with Crippen molar-refractivity contribution in [3.05, 3.63) is 30.6 Å². The molecule has 1 saturated heterocycles. The van der Waals surface area contributed by atoms with Crippen LogP contribution in [0.25, 0.3) is 11.0 Å². The number of hydrogen-bond acceptors (Lipinski definition) is 11. The number of aliphatic hydroxyl groups is 2. The lowest BCUT2D eigenvalue weighted by Crippen LogP contribution is -2.42. The number of rotatable bonds is 6. The molecule has 3 aromatic rings. The summed E-state index contributed by atoms with van der Waals surface area (Å²) in [5.74, 6) is 1.91. The maximum absolute atomic E-state index is 11.9. The molecule has 0 saturated carbocycles. The van der Waals surface area contributed by atoms with E-state index in [4.69, 9.17) is 0 Å². The molecule has 2 unspecified atom stereocenters. The normalized spacial score (nSPS) is 16.8. The first-order valence-electron chi connectivity index (χ1n) is 10.1. The van der Waals surface area contributed by atoms with Crippen LogP contribution in [0.15, 0.2) is 40.5 Å². The monoisotopic (exact) mass is 476 g/mol. The van der Waals surface area contributed by atoms with E-state index in [-0.39, 0.29) is 11.7 Å². The van der Waals surface area contributed by atoms with E-state index in [2.05, 4.69) is 19.9 Å². The van der Waals surface area contributed by atoms with Crippen LogP contribution in [0, 0.1) is 0 Å². The van der Waals surface area contributed by atoms with Gasteiger partial charge in [0.05, 0.1) is 0 Å². The molecule has 32 heavy (non-hydrogen) atoms. The van der Waals surface area contributed by atoms with Gasteiger partial charge < -0.3 is 20.2 Å². The molecule has 1 fully saturated rings. The van der Waals surface area contributed by atoms with Gasteiger partial charge in [-0.2, -0.15) is 4.98 Å². The van der Waals surface area contributed by atoms with Crippen molar-refractivity contribution in [3.8, 4) is 5.75 Å². The molecule has 12 heteroatoms. The van der Waals surface area contributed by atoms with E-state index >= 15 is 0 Å². The Labute approximate surface area is 191 Å².